The van der Waals surface area contributed by atoms with Crippen molar-refractivity contribution in [3.05, 3.63) is 29.8 Å². The number of carbonyl (C=O) groups is 1. The molecule has 4 heteroatoms. The molecule has 21 heavy (non-hydrogen) atoms. The molecule has 0 bridgehead atoms. The largest absolute Gasteiger partial charge is 0.399 e. The number of hydrogen-bond acceptors (Lipinski definition) is 3. The summed E-state index contributed by atoms with van der Waals surface area (Å²) < 4.78 is 5.67. The highest BCUT2D eigenvalue weighted by Crippen LogP contribution is 2.26. The van der Waals surface area contributed by atoms with E-state index < -0.39 is 0 Å². The summed E-state index contributed by atoms with van der Waals surface area (Å²) in [5, 5.41) is 0. The highest BCUT2D eigenvalue weighted by molar-refractivity contribution is 5.79. The number of benzene rings is 1. The molecule has 0 saturated carbocycles. The van der Waals surface area contributed by atoms with Gasteiger partial charge in [-0.05, 0) is 37.0 Å². The first-order valence-electron chi connectivity index (χ1n) is 7.90. The van der Waals surface area contributed by atoms with Crippen molar-refractivity contribution in [3.8, 4) is 0 Å². The maximum Gasteiger partial charge on any atom is 0.228 e. The number of carbonyl (C=O) groups excluding carboxylic acids is 1. The molecule has 1 amide bonds. The van der Waals surface area contributed by atoms with E-state index in [1.165, 1.54) is 0 Å². The van der Waals surface area contributed by atoms with E-state index in [-0.39, 0.29) is 17.9 Å². The van der Waals surface area contributed by atoms with Gasteiger partial charge in [0.2, 0.25) is 5.91 Å². The quantitative estimate of drug-likeness (QED) is 0.820. The average molecular weight is 290 g/mol. The molecule has 2 rings (SSSR count). The lowest BCUT2D eigenvalue weighted by Gasteiger charge is -2.27. The number of ether oxygens (including phenoxy) is 1. The number of anilines is 1. The van der Waals surface area contributed by atoms with Crippen LogP contribution in [0.1, 0.15) is 38.7 Å². The van der Waals surface area contributed by atoms with E-state index in [1.54, 1.807) is 0 Å². The molecule has 0 spiro atoms. The summed E-state index contributed by atoms with van der Waals surface area (Å²) in [7, 11) is 0. The lowest BCUT2D eigenvalue weighted by Crippen LogP contribution is -2.39. The molecule has 0 aliphatic carbocycles. The lowest BCUT2D eigenvalue weighted by atomic mass is 9.97. The predicted molar refractivity (Wildman–Crippen MR) is 84.7 cm³/mol. The zero-order valence-corrected chi connectivity index (χ0v) is 13.0. The van der Waals surface area contributed by atoms with Gasteiger partial charge in [0, 0.05) is 25.4 Å². The molecule has 1 aromatic rings. The summed E-state index contributed by atoms with van der Waals surface area (Å²) in [6.45, 7) is 6.33. The van der Waals surface area contributed by atoms with Gasteiger partial charge in [-0.1, -0.05) is 26.0 Å². The summed E-state index contributed by atoms with van der Waals surface area (Å²) >= 11 is 0. The number of nitrogen functional groups attached to an aromatic ring is 1. The molecular weight excluding hydrogens is 264 g/mol. The third-order valence-corrected chi connectivity index (χ3v) is 4.09. The van der Waals surface area contributed by atoms with Gasteiger partial charge in [-0.2, -0.15) is 0 Å². The monoisotopic (exact) mass is 290 g/mol. The summed E-state index contributed by atoms with van der Waals surface area (Å²) in [5.41, 5.74) is 7.59. The second-order valence-corrected chi connectivity index (χ2v) is 5.71. The Morgan fingerprint density at radius 2 is 2.05 bits per heavy atom. The molecule has 1 aliphatic rings. The van der Waals surface area contributed by atoms with Crippen molar-refractivity contribution in [2.75, 3.05) is 18.9 Å². The minimum Gasteiger partial charge on any atom is -0.399 e. The number of amides is 1. The summed E-state index contributed by atoms with van der Waals surface area (Å²) in [5.74, 6) is 0.258. The van der Waals surface area contributed by atoms with Crippen LogP contribution in [0.5, 0.6) is 0 Å². The first kappa shape index (κ1) is 15.8. The molecule has 1 aromatic carbocycles. The Bertz CT molecular complexity index is 458. The minimum absolute atomic E-state index is 0.0235. The SMILES string of the molecule is CCCN(Cc1ccc(N)cc1)C(=O)C1CCOC1CC. The van der Waals surface area contributed by atoms with Gasteiger partial charge in [0.15, 0.2) is 0 Å². The number of hydrogen-bond donors (Lipinski definition) is 1. The van der Waals surface area contributed by atoms with E-state index in [9.17, 15) is 4.79 Å². The Morgan fingerprint density at radius 3 is 2.67 bits per heavy atom. The Hall–Kier alpha value is -1.55. The molecule has 1 aliphatic heterocycles. The van der Waals surface area contributed by atoms with Gasteiger partial charge in [0.1, 0.15) is 0 Å². The van der Waals surface area contributed by atoms with Crippen molar-refractivity contribution >= 4 is 11.6 Å². The lowest BCUT2D eigenvalue weighted by molar-refractivity contribution is -0.138. The number of nitrogens with zero attached hydrogens (tertiary/aromatic N) is 1. The molecule has 0 radical (unpaired) electrons. The van der Waals surface area contributed by atoms with Gasteiger partial charge in [-0.15, -0.1) is 0 Å². The van der Waals surface area contributed by atoms with Crippen LogP contribution in [0.15, 0.2) is 24.3 Å². The van der Waals surface area contributed by atoms with E-state index in [1.807, 2.05) is 29.2 Å². The molecule has 2 unspecified atom stereocenters. The van der Waals surface area contributed by atoms with Crippen LogP contribution in [0.4, 0.5) is 5.69 Å². The molecule has 1 fully saturated rings. The molecule has 116 valence electrons. The van der Waals surface area contributed by atoms with E-state index >= 15 is 0 Å². The van der Waals surface area contributed by atoms with Gasteiger partial charge < -0.3 is 15.4 Å². The second kappa shape index (κ2) is 7.46. The van der Waals surface area contributed by atoms with E-state index in [4.69, 9.17) is 10.5 Å². The van der Waals surface area contributed by atoms with Crippen LogP contribution in [-0.2, 0) is 16.1 Å². The van der Waals surface area contributed by atoms with E-state index in [0.717, 1.165) is 37.1 Å². The first-order chi connectivity index (χ1) is 10.2. The maximum atomic E-state index is 12.8. The van der Waals surface area contributed by atoms with Crippen LogP contribution in [0.25, 0.3) is 0 Å². The average Bonchev–Trinajstić information content (AvgIpc) is 2.96. The van der Waals surface area contributed by atoms with Crippen molar-refractivity contribution in [2.45, 2.75) is 45.8 Å². The van der Waals surface area contributed by atoms with Crippen LogP contribution in [0.3, 0.4) is 0 Å². The van der Waals surface area contributed by atoms with Gasteiger partial charge in [-0.25, -0.2) is 0 Å². The molecular formula is C17H26N2O2. The number of rotatable bonds is 6. The standard InChI is InChI=1S/C17H26N2O2/c1-3-10-19(12-13-5-7-14(18)8-6-13)17(20)15-9-11-21-16(15)4-2/h5-8,15-16H,3-4,9-12,18H2,1-2H3. The summed E-state index contributed by atoms with van der Waals surface area (Å²) in [6, 6.07) is 7.76. The van der Waals surface area contributed by atoms with Crippen LogP contribution >= 0.6 is 0 Å². The zero-order valence-electron chi connectivity index (χ0n) is 13.0. The summed E-state index contributed by atoms with van der Waals surface area (Å²) in [6.07, 6.45) is 2.80. The summed E-state index contributed by atoms with van der Waals surface area (Å²) in [4.78, 5) is 14.8. The zero-order chi connectivity index (χ0) is 15.2. The Kier molecular flexibility index (Phi) is 5.62. The topological polar surface area (TPSA) is 55.6 Å². The van der Waals surface area contributed by atoms with Crippen molar-refractivity contribution < 1.29 is 9.53 Å². The molecule has 4 nitrogen and oxygen atoms in total. The highest BCUT2D eigenvalue weighted by atomic mass is 16.5. The van der Waals surface area contributed by atoms with Crippen LogP contribution in [0.2, 0.25) is 0 Å². The third-order valence-electron chi connectivity index (χ3n) is 4.09. The highest BCUT2D eigenvalue weighted by Gasteiger charge is 2.35. The van der Waals surface area contributed by atoms with Crippen molar-refractivity contribution in [1.29, 1.82) is 0 Å². The van der Waals surface area contributed by atoms with Crippen molar-refractivity contribution in [2.24, 2.45) is 5.92 Å². The third kappa shape index (κ3) is 3.97. The molecule has 1 heterocycles. The van der Waals surface area contributed by atoms with E-state index in [0.29, 0.717) is 13.2 Å². The molecule has 2 N–H and O–H groups in total. The Morgan fingerprint density at radius 1 is 1.33 bits per heavy atom. The van der Waals surface area contributed by atoms with E-state index in [2.05, 4.69) is 13.8 Å². The molecule has 2 atom stereocenters. The second-order valence-electron chi connectivity index (χ2n) is 5.71. The van der Waals surface area contributed by atoms with Crippen molar-refractivity contribution in [1.82, 2.24) is 4.90 Å². The Balaban J connectivity index is 2.07. The minimum atomic E-state index is 0.0235. The molecule has 1 saturated heterocycles. The smallest absolute Gasteiger partial charge is 0.228 e. The fourth-order valence-electron chi connectivity index (χ4n) is 2.95. The maximum absolute atomic E-state index is 12.8. The van der Waals surface area contributed by atoms with Gasteiger partial charge in [0.05, 0.1) is 12.0 Å². The fourth-order valence-corrected chi connectivity index (χ4v) is 2.95. The molecule has 0 aromatic heterocycles. The predicted octanol–water partition coefficient (Wildman–Crippen LogP) is 2.82. The van der Waals surface area contributed by atoms with Gasteiger partial charge >= 0.3 is 0 Å². The van der Waals surface area contributed by atoms with Crippen molar-refractivity contribution in [3.63, 3.8) is 0 Å². The van der Waals surface area contributed by atoms with Gasteiger partial charge in [-0.3, -0.25) is 4.79 Å². The van der Waals surface area contributed by atoms with Crippen LogP contribution in [0, 0.1) is 5.92 Å². The fraction of sp³-hybridized carbons (Fsp3) is 0.588. The normalized spacial score (nSPS) is 21.4. The first-order valence-corrected chi connectivity index (χ1v) is 7.90. The Labute approximate surface area is 127 Å². The van der Waals surface area contributed by atoms with Crippen LogP contribution in [-0.4, -0.2) is 30.1 Å². The van der Waals surface area contributed by atoms with Crippen LogP contribution < -0.4 is 5.73 Å². The number of nitrogens with two attached hydrogens (primary N) is 1. The van der Waals surface area contributed by atoms with Gasteiger partial charge in [0.25, 0.3) is 0 Å².